The van der Waals surface area contributed by atoms with Crippen molar-refractivity contribution in [2.24, 2.45) is 11.3 Å². The van der Waals surface area contributed by atoms with Crippen molar-refractivity contribution < 1.29 is 9.90 Å². The van der Waals surface area contributed by atoms with Crippen LogP contribution >= 0.6 is 0 Å². The summed E-state index contributed by atoms with van der Waals surface area (Å²) in [6.45, 7) is 8.88. The number of hydrogen-bond donors (Lipinski definition) is 0. The Morgan fingerprint density at radius 2 is 0.659 bits per heavy atom. The summed E-state index contributed by atoms with van der Waals surface area (Å²) in [5.41, 5.74) is -0.609. The summed E-state index contributed by atoms with van der Waals surface area (Å²) in [6.07, 6.45) is 45.8. The lowest BCUT2D eigenvalue weighted by molar-refractivity contribution is -0.323. The minimum Gasteiger partial charge on any atom is -0.550 e. The van der Waals surface area contributed by atoms with Crippen LogP contribution in [0.5, 0.6) is 0 Å². The van der Waals surface area contributed by atoms with E-state index in [0.717, 1.165) is 38.5 Å². The average molecular weight is 620 g/mol. The number of unbranched alkanes of at least 4 members (excludes halogenated alkanes) is 28. The summed E-state index contributed by atoms with van der Waals surface area (Å²) in [5.74, 6) is -0.465. The lowest BCUT2D eigenvalue weighted by Crippen LogP contribution is -2.47. The molecule has 0 spiro atoms. The van der Waals surface area contributed by atoms with Gasteiger partial charge in [0, 0.05) is 11.4 Å². The van der Waals surface area contributed by atoms with Gasteiger partial charge in [-0.15, -0.1) is 0 Å². The number of hydrogen-bond acceptors (Lipinski definition) is 2. The van der Waals surface area contributed by atoms with E-state index in [0.29, 0.717) is 5.92 Å². The van der Waals surface area contributed by atoms with Gasteiger partial charge in [-0.1, -0.05) is 227 Å². The minimum atomic E-state index is -0.759. The van der Waals surface area contributed by atoms with Crippen molar-refractivity contribution in [3.05, 3.63) is 0 Å². The van der Waals surface area contributed by atoms with E-state index in [1.54, 1.807) is 0 Å². The third-order valence-corrected chi connectivity index (χ3v) is 10.9. The smallest absolute Gasteiger partial charge is 0.0478 e. The van der Waals surface area contributed by atoms with E-state index in [-0.39, 0.29) is 0 Å². The summed E-state index contributed by atoms with van der Waals surface area (Å²) in [4.78, 5) is 12.6. The van der Waals surface area contributed by atoms with E-state index in [1.165, 1.54) is 186 Å². The third kappa shape index (κ3) is 24.7. The molecule has 2 atom stereocenters. The molecule has 0 radical (unpaired) electrons. The molecule has 44 heavy (non-hydrogen) atoms. The molecule has 0 fully saturated rings. The molecule has 0 aliphatic carbocycles. The summed E-state index contributed by atoms with van der Waals surface area (Å²) in [7, 11) is 0. The molecule has 0 aromatic heterocycles. The zero-order valence-electron chi connectivity index (χ0n) is 31.1. The van der Waals surface area contributed by atoms with Crippen molar-refractivity contribution in [1.29, 1.82) is 0 Å². The normalized spacial score (nSPS) is 13.7. The van der Waals surface area contributed by atoms with Gasteiger partial charge in [0.15, 0.2) is 0 Å². The largest absolute Gasteiger partial charge is 0.550 e. The number of carbonyl (C=O) groups is 1. The van der Waals surface area contributed by atoms with Gasteiger partial charge in [-0.05, 0) is 31.6 Å². The summed E-state index contributed by atoms with van der Waals surface area (Å²) < 4.78 is 0. The SMILES string of the molecule is CCCCCCCCCCCCCCCCCC(CCCCCCCCCCCCCCCC)C(CC)(CCCC)C(=O)[O-]. The topological polar surface area (TPSA) is 40.1 Å². The van der Waals surface area contributed by atoms with E-state index in [4.69, 9.17) is 0 Å². The first kappa shape index (κ1) is 43.5. The van der Waals surface area contributed by atoms with Crippen LogP contribution in [0.2, 0.25) is 0 Å². The quantitative estimate of drug-likeness (QED) is 0.0649. The molecule has 0 rings (SSSR count). The summed E-state index contributed by atoms with van der Waals surface area (Å²) >= 11 is 0. The maximum Gasteiger partial charge on any atom is 0.0478 e. The summed E-state index contributed by atoms with van der Waals surface area (Å²) in [5, 5.41) is 12.6. The highest BCUT2D eigenvalue weighted by Crippen LogP contribution is 2.42. The second-order valence-electron chi connectivity index (χ2n) is 14.7. The van der Waals surface area contributed by atoms with Crippen LogP contribution in [0.25, 0.3) is 0 Å². The van der Waals surface area contributed by atoms with Crippen LogP contribution in [-0.2, 0) is 4.79 Å². The Bertz CT molecular complexity index is 572. The van der Waals surface area contributed by atoms with Crippen molar-refractivity contribution in [3.63, 3.8) is 0 Å². The maximum absolute atomic E-state index is 12.6. The minimum absolute atomic E-state index is 0.295. The Kier molecular flexibility index (Phi) is 33.4. The molecule has 0 bridgehead atoms. The van der Waals surface area contributed by atoms with E-state index >= 15 is 0 Å². The molecule has 0 aromatic rings. The van der Waals surface area contributed by atoms with Crippen LogP contribution in [0.1, 0.15) is 252 Å². The first-order valence-corrected chi connectivity index (χ1v) is 20.8. The summed E-state index contributed by atoms with van der Waals surface area (Å²) in [6, 6.07) is 0. The second-order valence-corrected chi connectivity index (χ2v) is 14.7. The van der Waals surface area contributed by atoms with Crippen molar-refractivity contribution in [2.75, 3.05) is 0 Å². The third-order valence-electron chi connectivity index (χ3n) is 10.9. The Hall–Kier alpha value is -0.530. The fourth-order valence-electron chi connectivity index (χ4n) is 7.62. The fraction of sp³-hybridized carbons (Fsp3) is 0.976. The predicted octanol–water partition coefficient (Wildman–Crippen LogP) is 14.1. The number of aliphatic carboxylic acids is 1. The molecule has 0 heterocycles. The first-order chi connectivity index (χ1) is 21.6. The van der Waals surface area contributed by atoms with Crippen LogP contribution in [0, 0.1) is 11.3 Å². The van der Waals surface area contributed by atoms with Crippen LogP contribution in [0.15, 0.2) is 0 Å². The van der Waals surface area contributed by atoms with Crippen molar-refractivity contribution >= 4 is 5.97 Å². The maximum atomic E-state index is 12.6. The molecule has 2 unspecified atom stereocenters. The molecule has 0 amide bonds. The van der Waals surface area contributed by atoms with Gasteiger partial charge in [0.25, 0.3) is 0 Å². The standard InChI is InChI=1S/C42H84O2/c1-5-9-12-14-16-18-20-22-24-26-28-30-32-34-36-38-40(42(8-4,41(43)44)39-11-7-3)37-35-33-31-29-27-25-23-21-19-17-15-13-10-6-2/h40H,5-39H2,1-4H3,(H,43,44)/p-1. The Balaban J connectivity index is 4.21. The van der Waals surface area contributed by atoms with Crippen LogP contribution in [-0.4, -0.2) is 5.97 Å². The monoisotopic (exact) mass is 620 g/mol. The predicted molar refractivity (Wildman–Crippen MR) is 195 cm³/mol. The molecule has 0 aromatic carbocycles. The lowest BCUT2D eigenvalue weighted by Gasteiger charge is -2.42. The second kappa shape index (κ2) is 33.8. The molecular formula is C42H83O2-. The number of carboxylic acid groups (broad SMARTS) is 1. The van der Waals surface area contributed by atoms with Crippen LogP contribution in [0.4, 0.5) is 0 Å². The Labute approximate surface area is 279 Å². The first-order valence-electron chi connectivity index (χ1n) is 20.8. The highest BCUT2D eigenvalue weighted by molar-refractivity contribution is 5.72. The lowest BCUT2D eigenvalue weighted by atomic mass is 9.66. The van der Waals surface area contributed by atoms with Gasteiger partial charge in [-0.3, -0.25) is 0 Å². The Morgan fingerprint density at radius 1 is 0.409 bits per heavy atom. The number of carboxylic acids is 1. The van der Waals surface area contributed by atoms with E-state index < -0.39 is 11.4 Å². The van der Waals surface area contributed by atoms with Crippen LogP contribution < -0.4 is 5.11 Å². The van der Waals surface area contributed by atoms with Crippen molar-refractivity contribution in [3.8, 4) is 0 Å². The van der Waals surface area contributed by atoms with E-state index in [1.807, 2.05) is 0 Å². The Morgan fingerprint density at radius 3 is 0.886 bits per heavy atom. The highest BCUT2D eigenvalue weighted by Gasteiger charge is 2.37. The molecule has 264 valence electrons. The van der Waals surface area contributed by atoms with E-state index in [2.05, 4.69) is 27.7 Å². The van der Waals surface area contributed by atoms with Gasteiger partial charge in [0.2, 0.25) is 0 Å². The molecule has 0 aliphatic rings. The van der Waals surface area contributed by atoms with Crippen LogP contribution in [0.3, 0.4) is 0 Å². The number of rotatable bonds is 37. The molecule has 0 saturated carbocycles. The number of carbonyl (C=O) groups excluding carboxylic acids is 1. The van der Waals surface area contributed by atoms with Crippen molar-refractivity contribution in [2.45, 2.75) is 252 Å². The molecule has 2 heteroatoms. The average Bonchev–Trinajstić information content (AvgIpc) is 3.02. The zero-order chi connectivity index (χ0) is 32.4. The molecule has 0 aliphatic heterocycles. The van der Waals surface area contributed by atoms with E-state index in [9.17, 15) is 9.90 Å². The van der Waals surface area contributed by atoms with Gasteiger partial charge < -0.3 is 9.90 Å². The van der Waals surface area contributed by atoms with Gasteiger partial charge in [-0.2, -0.15) is 0 Å². The van der Waals surface area contributed by atoms with Crippen molar-refractivity contribution in [1.82, 2.24) is 0 Å². The van der Waals surface area contributed by atoms with Gasteiger partial charge in [-0.25, -0.2) is 0 Å². The highest BCUT2D eigenvalue weighted by atomic mass is 16.4. The van der Waals surface area contributed by atoms with Gasteiger partial charge in [0.05, 0.1) is 0 Å². The molecule has 0 N–H and O–H groups in total. The fourth-order valence-corrected chi connectivity index (χ4v) is 7.62. The molecule has 2 nitrogen and oxygen atoms in total. The van der Waals surface area contributed by atoms with Gasteiger partial charge >= 0.3 is 0 Å². The molecular weight excluding hydrogens is 536 g/mol. The molecule has 0 saturated heterocycles. The zero-order valence-corrected chi connectivity index (χ0v) is 31.1. The van der Waals surface area contributed by atoms with Gasteiger partial charge in [0.1, 0.15) is 0 Å².